The standard InChI is InChI=1S/C9H9ClN4/c10-9-8(2-1-3-12-9)13-5-7-4-11-6-14-7/h1-4,6,13H,5H2,(H,11,14). The zero-order valence-electron chi connectivity index (χ0n) is 7.37. The van der Waals surface area contributed by atoms with Crippen molar-refractivity contribution in [2.75, 3.05) is 5.32 Å². The fourth-order valence-corrected chi connectivity index (χ4v) is 1.28. The zero-order valence-corrected chi connectivity index (χ0v) is 8.12. The first-order valence-corrected chi connectivity index (χ1v) is 4.55. The number of hydrogen-bond acceptors (Lipinski definition) is 3. The molecule has 2 aromatic heterocycles. The topological polar surface area (TPSA) is 53.6 Å². The van der Waals surface area contributed by atoms with Gasteiger partial charge in [-0.3, -0.25) is 0 Å². The number of aromatic nitrogens is 3. The summed E-state index contributed by atoms with van der Waals surface area (Å²) in [6.45, 7) is 0.658. The molecular formula is C9H9ClN4. The molecule has 0 fully saturated rings. The van der Waals surface area contributed by atoms with Crippen LogP contribution in [-0.4, -0.2) is 15.0 Å². The van der Waals surface area contributed by atoms with Crippen LogP contribution in [0.5, 0.6) is 0 Å². The minimum atomic E-state index is 0.479. The average molecular weight is 209 g/mol. The molecule has 0 aromatic carbocycles. The fourth-order valence-electron chi connectivity index (χ4n) is 1.09. The number of nitrogens with zero attached hydrogens (tertiary/aromatic N) is 2. The number of hydrogen-bond donors (Lipinski definition) is 2. The van der Waals surface area contributed by atoms with Crippen LogP contribution in [0.4, 0.5) is 5.69 Å². The highest BCUT2D eigenvalue weighted by Gasteiger charge is 1.99. The summed E-state index contributed by atoms with van der Waals surface area (Å²) in [5, 5.41) is 3.63. The van der Waals surface area contributed by atoms with Crippen LogP contribution in [-0.2, 0) is 6.54 Å². The van der Waals surface area contributed by atoms with E-state index in [0.29, 0.717) is 11.7 Å². The molecule has 0 radical (unpaired) electrons. The van der Waals surface area contributed by atoms with Gasteiger partial charge in [0.25, 0.3) is 0 Å². The van der Waals surface area contributed by atoms with E-state index in [1.807, 2.05) is 12.1 Å². The number of aromatic amines is 1. The molecule has 2 N–H and O–H groups in total. The van der Waals surface area contributed by atoms with Gasteiger partial charge < -0.3 is 10.3 Å². The monoisotopic (exact) mass is 208 g/mol. The number of anilines is 1. The van der Waals surface area contributed by atoms with Crippen LogP contribution in [0.25, 0.3) is 0 Å². The molecule has 5 heteroatoms. The quantitative estimate of drug-likeness (QED) is 0.760. The molecule has 0 aliphatic heterocycles. The summed E-state index contributed by atoms with van der Waals surface area (Å²) in [5.41, 5.74) is 1.83. The predicted molar refractivity (Wildman–Crippen MR) is 55.2 cm³/mol. The van der Waals surface area contributed by atoms with E-state index in [4.69, 9.17) is 11.6 Å². The Labute approximate surface area is 86.4 Å². The molecule has 0 saturated carbocycles. The van der Waals surface area contributed by atoms with E-state index in [2.05, 4.69) is 20.3 Å². The summed E-state index contributed by atoms with van der Waals surface area (Å²) >= 11 is 5.86. The summed E-state index contributed by atoms with van der Waals surface area (Å²) in [6, 6.07) is 3.72. The summed E-state index contributed by atoms with van der Waals surface area (Å²) in [4.78, 5) is 10.9. The SMILES string of the molecule is Clc1ncccc1NCc1cnc[nH]1. The second-order valence-corrected chi connectivity index (χ2v) is 3.13. The Balaban J connectivity index is 2.02. The van der Waals surface area contributed by atoms with Crippen LogP contribution >= 0.6 is 11.6 Å². The van der Waals surface area contributed by atoms with Crippen LogP contribution < -0.4 is 5.32 Å². The molecule has 0 aliphatic carbocycles. The molecular weight excluding hydrogens is 200 g/mol. The Hall–Kier alpha value is -1.55. The van der Waals surface area contributed by atoms with Crippen LogP contribution in [0.2, 0.25) is 5.15 Å². The second-order valence-electron chi connectivity index (χ2n) is 2.77. The highest BCUT2D eigenvalue weighted by atomic mass is 35.5. The number of rotatable bonds is 3. The smallest absolute Gasteiger partial charge is 0.152 e. The van der Waals surface area contributed by atoms with Crippen LogP contribution in [0, 0.1) is 0 Å². The lowest BCUT2D eigenvalue weighted by atomic mass is 10.4. The van der Waals surface area contributed by atoms with Crippen LogP contribution in [0.1, 0.15) is 5.69 Å². The summed E-state index contributed by atoms with van der Waals surface area (Å²) in [5.74, 6) is 0. The predicted octanol–water partition coefficient (Wildman–Crippen LogP) is 2.07. The van der Waals surface area contributed by atoms with E-state index in [0.717, 1.165) is 11.4 Å². The van der Waals surface area contributed by atoms with Gasteiger partial charge in [-0.15, -0.1) is 0 Å². The van der Waals surface area contributed by atoms with E-state index < -0.39 is 0 Å². The highest BCUT2D eigenvalue weighted by Crippen LogP contribution is 2.17. The maximum Gasteiger partial charge on any atom is 0.152 e. The first kappa shape index (κ1) is 9.02. The molecule has 0 bridgehead atoms. The Morgan fingerprint density at radius 2 is 2.43 bits per heavy atom. The minimum absolute atomic E-state index is 0.479. The Morgan fingerprint density at radius 1 is 1.50 bits per heavy atom. The van der Waals surface area contributed by atoms with Gasteiger partial charge in [0.05, 0.1) is 24.3 Å². The van der Waals surface area contributed by atoms with Gasteiger partial charge in [-0.1, -0.05) is 11.6 Å². The molecule has 2 heterocycles. The average Bonchev–Trinajstić information content (AvgIpc) is 2.69. The van der Waals surface area contributed by atoms with E-state index >= 15 is 0 Å². The molecule has 2 aromatic rings. The third-order valence-corrected chi connectivity index (χ3v) is 2.08. The van der Waals surface area contributed by atoms with Gasteiger partial charge in [-0.25, -0.2) is 9.97 Å². The van der Waals surface area contributed by atoms with Crippen molar-refractivity contribution in [3.63, 3.8) is 0 Å². The van der Waals surface area contributed by atoms with Gasteiger partial charge in [0, 0.05) is 12.4 Å². The van der Waals surface area contributed by atoms with E-state index in [1.165, 1.54) is 0 Å². The molecule has 0 aliphatic rings. The molecule has 72 valence electrons. The number of pyridine rings is 1. The summed E-state index contributed by atoms with van der Waals surface area (Å²) in [7, 11) is 0. The summed E-state index contributed by atoms with van der Waals surface area (Å²) in [6.07, 6.45) is 5.06. The maximum atomic E-state index is 5.86. The highest BCUT2D eigenvalue weighted by molar-refractivity contribution is 6.31. The number of halogens is 1. The Morgan fingerprint density at radius 3 is 3.14 bits per heavy atom. The number of imidazole rings is 1. The van der Waals surface area contributed by atoms with E-state index in [1.54, 1.807) is 18.7 Å². The van der Waals surface area contributed by atoms with Crippen molar-refractivity contribution in [1.82, 2.24) is 15.0 Å². The van der Waals surface area contributed by atoms with Crippen molar-refractivity contribution in [3.05, 3.63) is 41.7 Å². The zero-order chi connectivity index (χ0) is 9.80. The lowest BCUT2D eigenvalue weighted by Gasteiger charge is -2.05. The van der Waals surface area contributed by atoms with Gasteiger partial charge in [-0.2, -0.15) is 0 Å². The first-order chi connectivity index (χ1) is 6.86. The largest absolute Gasteiger partial charge is 0.377 e. The van der Waals surface area contributed by atoms with Gasteiger partial charge >= 0.3 is 0 Å². The van der Waals surface area contributed by atoms with Crippen molar-refractivity contribution >= 4 is 17.3 Å². The second kappa shape index (κ2) is 4.11. The lowest BCUT2D eigenvalue weighted by molar-refractivity contribution is 1.07. The number of nitrogens with one attached hydrogen (secondary N) is 2. The Bertz CT molecular complexity index is 399. The molecule has 0 amide bonds. The first-order valence-electron chi connectivity index (χ1n) is 4.18. The third-order valence-electron chi connectivity index (χ3n) is 1.78. The fraction of sp³-hybridized carbons (Fsp3) is 0.111. The Kier molecular flexibility index (Phi) is 2.65. The van der Waals surface area contributed by atoms with Crippen LogP contribution in [0.3, 0.4) is 0 Å². The van der Waals surface area contributed by atoms with Gasteiger partial charge in [0.2, 0.25) is 0 Å². The molecule has 14 heavy (non-hydrogen) atoms. The molecule has 0 atom stereocenters. The normalized spacial score (nSPS) is 10.1. The van der Waals surface area contributed by atoms with Crippen molar-refractivity contribution in [2.24, 2.45) is 0 Å². The summed E-state index contributed by atoms with van der Waals surface area (Å²) < 4.78 is 0. The molecule has 0 unspecified atom stereocenters. The molecule has 0 saturated heterocycles. The van der Waals surface area contributed by atoms with Gasteiger partial charge in [0.15, 0.2) is 5.15 Å². The lowest BCUT2D eigenvalue weighted by Crippen LogP contribution is -2.00. The molecule has 4 nitrogen and oxygen atoms in total. The van der Waals surface area contributed by atoms with Crippen molar-refractivity contribution in [1.29, 1.82) is 0 Å². The minimum Gasteiger partial charge on any atom is -0.377 e. The van der Waals surface area contributed by atoms with Crippen molar-refractivity contribution < 1.29 is 0 Å². The third kappa shape index (κ3) is 2.03. The molecule has 0 spiro atoms. The van der Waals surface area contributed by atoms with Crippen LogP contribution in [0.15, 0.2) is 30.9 Å². The number of H-pyrrole nitrogens is 1. The van der Waals surface area contributed by atoms with Crippen molar-refractivity contribution in [2.45, 2.75) is 6.54 Å². The van der Waals surface area contributed by atoms with E-state index in [-0.39, 0.29) is 0 Å². The molecule has 2 rings (SSSR count). The van der Waals surface area contributed by atoms with Crippen molar-refractivity contribution in [3.8, 4) is 0 Å². The van der Waals surface area contributed by atoms with Gasteiger partial charge in [0.1, 0.15) is 0 Å². The van der Waals surface area contributed by atoms with E-state index in [9.17, 15) is 0 Å². The van der Waals surface area contributed by atoms with Gasteiger partial charge in [-0.05, 0) is 12.1 Å². The maximum absolute atomic E-state index is 5.86.